The Morgan fingerprint density at radius 2 is 1.83 bits per heavy atom. The van der Waals surface area contributed by atoms with Crippen LogP contribution in [0.3, 0.4) is 0 Å². The number of nitrogens with zero attached hydrogens (tertiary/aromatic N) is 1. The van der Waals surface area contributed by atoms with Crippen LogP contribution in [0.15, 0.2) is 12.1 Å². The third-order valence-electron chi connectivity index (χ3n) is 3.92. The van der Waals surface area contributed by atoms with Crippen molar-refractivity contribution in [2.24, 2.45) is 0 Å². The smallest absolute Gasteiger partial charge is 0.227 e. The average molecular weight is 341 g/mol. The van der Waals surface area contributed by atoms with E-state index in [9.17, 15) is 9.00 Å². The van der Waals surface area contributed by atoms with Gasteiger partial charge in [-0.15, -0.1) is 0 Å². The molecule has 1 aliphatic rings. The van der Waals surface area contributed by atoms with E-state index >= 15 is 0 Å². The Hall–Kier alpha value is -1.76. The molecule has 1 heterocycles. The Balaban J connectivity index is 2.19. The van der Waals surface area contributed by atoms with Gasteiger partial charge in [-0.2, -0.15) is 0 Å². The summed E-state index contributed by atoms with van der Waals surface area (Å²) < 4.78 is 27.5. The second kappa shape index (κ2) is 7.68. The molecule has 128 valence electrons. The van der Waals surface area contributed by atoms with Gasteiger partial charge < -0.3 is 19.1 Å². The first-order valence-electron chi connectivity index (χ1n) is 7.43. The lowest BCUT2D eigenvalue weighted by Crippen LogP contribution is -2.48. The van der Waals surface area contributed by atoms with E-state index in [-0.39, 0.29) is 18.4 Å². The first kappa shape index (κ1) is 17.6. The van der Waals surface area contributed by atoms with Crippen molar-refractivity contribution in [3.05, 3.63) is 17.7 Å². The summed E-state index contributed by atoms with van der Waals surface area (Å²) in [5, 5.41) is 0. The van der Waals surface area contributed by atoms with Crippen LogP contribution < -0.4 is 14.2 Å². The van der Waals surface area contributed by atoms with Gasteiger partial charge in [0, 0.05) is 34.9 Å². The highest BCUT2D eigenvalue weighted by molar-refractivity contribution is 7.85. The molecule has 0 aromatic heterocycles. The van der Waals surface area contributed by atoms with Crippen molar-refractivity contribution < 1.29 is 23.2 Å². The van der Waals surface area contributed by atoms with E-state index in [4.69, 9.17) is 14.2 Å². The molecule has 0 unspecified atom stereocenters. The van der Waals surface area contributed by atoms with Crippen LogP contribution in [-0.4, -0.2) is 60.4 Å². The number of ether oxygens (including phenoxy) is 3. The van der Waals surface area contributed by atoms with Crippen molar-refractivity contribution in [2.45, 2.75) is 19.4 Å². The molecule has 0 bridgehead atoms. The quantitative estimate of drug-likeness (QED) is 0.806. The lowest BCUT2D eigenvalue weighted by atomic mass is 10.1. The van der Waals surface area contributed by atoms with Gasteiger partial charge in [-0.05, 0) is 24.6 Å². The van der Waals surface area contributed by atoms with Crippen LogP contribution in [0, 0.1) is 0 Å². The molecule has 0 aliphatic carbocycles. The van der Waals surface area contributed by atoms with Crippen molar-refractivity contribution in [3.63, 3.8) is 0 Å². The van der Waals surface area contributed by atoms with Gasteiger partial charge in [-0.25, -0.2) is 0 Å². The van der Waals surface area contributed by atoms with Gasteiger partial charge in [0.25, 0.3) is 0 Å². The zero-order valence-corrected chi connectivity index (χ0v) is 14.8. The number of carbonyl (C=O) groups is 1. The van der Waals surface area contributed by atoms with E-state index in [1.807, 2.05) is 6.92 Å². The third-order valence-corrected chi connectivity index (χ3v) is 5.41. The maximum atomic E-state index is 12.6. The zero-order chi connectivity index (χ0) is 17.0. The molecule has 1 aliphatic heterocycles. The van der Waals surface area contributed by atoms with Gasteiger partial charge in [0.1, 0.15) is 0 Å². The summed E-state index contributed by atoms with van der Waals surface area (Å²) >= 11 is 0. The number of amides is 1. The molecule has 1 amide bonds. The molecule has 0 N–H and O–H groups in total. The zero-order valence-electron chi connectivity index (χ0n) is 14.0. The molecule has 0 radical (unpaired) electrons. The maximum Gasteiger partial charge on any atom is 0.227 e. The van der Waals surface area contributed by atoms with Crippen LogP contribution in [0.5, 0.6) is 17.2 Å². The molecule has 1 aromatic rings. The van der Waals surface area contributed by atoms with E-state index in [0.717, 1.165) is 5.56 Å². The van der Waals surface area contributed by atoms with Gasteiger partial charge in [0.15, 0.2) is 11.5 Å². The number of rotatable bonds is 5. The summed E-state index contributed by atoms with van der Waals surface area (Å²) in [6.07, 6.45) is 0.244. The second-order valence-corrected chi connectivity index (χ2v) is 7.08. The summed E-state index contributed by atoms with van der Waals surface area (Å²) in [4.78, 5) is 14.3. The van der Waals surface area contributed by atoms with Crippen LogP contribution in [-0.2, 0) is 22.0 Å². The summed E-state index contributed by atoms with van der Waals surface area (Å²) in [7, 11) is 3.82. The Kier molecular flexibility index (Phi) is 5.87. The predicted octanol–water partition coefficient (Wildman–Crippen LogP) is 1.23. The average Bonchev–Trinajstić information content (AvgIpc) is 2.53. The van der Waals surface area contributed by atoms with Gasteiger partial charge in [0.05, 0.1) is 27.8 Å². The summed E-state index contributed by atoms with van der Waals surface area (Å²) in [5.74, 6) is 2.67. The fourth-order valence-electron chi connectivity index (χ4n) is 2.75. The molecule has 7 heteroatoms. The molecule has 2 atom stereocenters. The van der Waals surface area contributed by atoms with Gasteiger partial charge >= 0.3 is 0 Å². The van der Waals surface area contributed by atoms with Gasteiger partial charge in [-0.1, -0.05) is 0 Å². The van der Waals surface area contributed by atoms with Crippen molar-refractivity contribution in [2.75, 3.05) is 39.4 Å². The van der Waals surface area contributed by atoms with E-state index in [1.165, 1.54) is 0 Å². The first-order valence-corrected chi connectivity index (χ1v) is 8.92. The highest BCUT2D eigenvalue weighted by atomic mass is 32.2. The standard InChI is InChI=1S/C16H23NO5S/c1-11-10-23(19)6-5-17(11)15(18)9-12-7-13(20-2)16(22-4)14(8-12)21-3/h7-8,11H,5-6,9-10H2,1-4H3/t11-,23-/m0/s1. The van der Waals surface area contributed by atoms with E-state index in [0.29, 0.717) is 35.3 Å². The SMILES string of the molecule is COc1cc(CC(=O)N2CC[S@](=O)C[C@@H]2C)cc(OC)c1OC. The summed E-state index contributed by atoms with van der Waals surface area (Å²) in [6.45, 7) is 2.47. The van der Waals surface area contributed by atoms with Crippen LogP contribution in [0.25, 0.3) is 0 Å². The lowest BCUT2D eigenvalue weighted by Gasteiger charge is -2.33. The molecule has 1 aromatic carbocycles. The van der Waals surface area contributed by atoms with E-state index in [1.54, 1.807) is 38.4 Å². The highest BCUT2D eigenvalue weighted by Crippen LogP contribution is 2.38. The molecule has 6 nitrogen and oxygen atoms in total. The van der Waals surface area contributed by atoms with Crippen molar-refractivity contribution >= 4 is 16.7 Å². The Morgan fingerprint density at radius 1 is 1.22 bits per heavy atom. The second-order valence-electron chi connectivity index (χ2n) is 5.46. The number of methoxy groups -OCH3 is 3. The van der Waals surface area contributed by atoms with Crippen molar-refractivity contribution in [1.29, 1.82) is 0 Å². The van der Waals surface area contributed by atoms with E-state index < -0.39 is 10.8 Å². The van der Waals surface area contributed by atoms with Gasteiger partial charge in [0.2, 0.25) is 11.7 Å². The largest absolute Gasteiger partial charge is 0.493 e. The minimum Gasteiger partial charge on any atom is -0.493 e. The predicted molar refractivity (Wildman–Crippen MR) is 88.9 cm³/mol. The van der Waals surface area contributed by atoms with E-state index in [2.05, 4.69) is 0 Å². The molecular formula is C16H23NO5S. The Morgan fingerprint density at radius 3 is 2.30 bits per heavy atom. The molecule has 1 saturated heterocycles. The monoisotopic (exact) mass is 341 g/mol. The molecule has 2 rings (SSSR count). The first-order chi connectivity index (χ1) is 11.0. The normalized spacial score (nSPS) is 21.0. The maximum absolute atomic E-state index is 12.6. The topological polar surface area (TPSA) is 65.1 Å². The number of hydrogen-bond donors (Lipinski definition) is 0. The van der Waals surface area contributed by atoms with Crippen LogP contribution in [0.1, 0.15) is 12.5 Å². The van der Waals surface area contributed by atoms with Crippen molar-refractivity contribution in [3.8, 4) is 17.2 Å². The van der Waals surface area contributed by atoms with Crippen LogP contribution in [0.2, 0.25) is 0 Å². The number of hydrogen-bond acceptors (Lipinski definition) is 5. The fraction of sp³-hybridized carbons (Fsp3) is 0.562. The molecule has 0 saturated carbocycles. The fourth-order valence-corrected chi connectivity index (χ4v) is 4.03. The molecular weight excluding hydrogens is 318 g/mol. The molecule has 0 spiro atoms. The Labute approximate surface area is 139 Å². The highest BCUT2D eigenvalue weighted by Gasteiger charge is 2.27. The number of carbonyl (C=O) groups excluding carboxylic acids is 1. The summed E-state index contributed by atoms with van der Waals surface area (Å²) in [6, 6.07) is 3.57. The minimum atomic E-state index is -0.819. The Bertz CT molecular complexity index is 579. The third kappa shape index (κ3) is 3.96. The molecule has 23 heavy (non-hydrogen) atoms. The molecule has 1 fully saturated rings. The van der Waals surface area contributed by atoms with Gasteiger partial charge in [-0.3, -0.25) is 9.00 Å². The summed E-state index contributed by atoms with van der Waals surface area (Å²) in [5.41, 5.74) is 0.795. The van der Waals surface area contributed by atoms with Crippen LogP contribution in [0.4, 0.5) is 0 Å². The van der Waals surface area contributed by atoms with Crippen LogP contribution >= 0.6 is 0 Å². The van der Waals surface area contributed by atoms with Crippen molar-refractivity contribution in [1.82, 2.24) is 4.90 Å². The minimum absolute atomic E-state index is 0.000812. The number of benzene rings is 1. The lowest BCUT2D eigenvalue weighted by molar-refractivity contribution is -0.131.